The largest absolute Gasteiger partial charge is 0.373 e. The zero-order valence-corrected chi connectivity index (χ0v) is 18.8. The van der Waals surface area contributed by atoms with Crippen LogP contribution in [0, 0.1) is 0 Å². The van der Waals surface area contributed by atoms with Gasteiger partial charge in [-0.3, -0.25) is 4.90 Å². The van der Waals surface area contributed by atoms with E-state index >= 15 is 0 Å². The van der Waals surface area contributed by atoms with E-state index in [0.717, 1.165) is 57.9 Å². The van der Waals surface area contributed by atoms with E-state index in [1.807, 2.05) is 12.1 Å². The molecule has 28 heavy (non-hydrogen) atoms. The van der Waals surface area contributed by atoms with E-state index in [0.29, 0.717) is 10.0 Å². The third-order valence-electron chi connectivity index (χ3n) is 5.44. The Morgan fingerprint density at radius 2 is 1.68 bits per heavy atom. The van der Waals surface area contributed by atoms with Crippen LogP contribution in [0.3, 0.4) is 0 Å². The fourth-order valence-electron chi connectivity index (χ4n) is 3.93. The van der Waals surface area contributed by atoms with Gasteiger partial charge in [-0.15, -0.1) is 24.8 Å². The van der Waals surface area contributed by atoms with Crippen LogP contribution in [-0.2, 0) is 11.2 Å². The summed E-state index contributed by atoms with van der Waals surface area (Å²) in [5, 5.41) is 1.24. The molecule has 0 radical (unpaired) electrons. The molecule has 1 saturated heterocycles. The van der Waals surface area contributed by atoms with Crippen LogP contribution in [0.4, 0.5) is 5.69 Å². The lowest BCUT2D eigenvalue weighted by molar-refractivity contribution is 0.0289. The molecule has 0 bridgehead atoms. The molecular formula is C21H26Cl4N2O. The van der Waals surface area contributed by atoms with Crippen LogP contribution in [-0.4, -0.2) is 44.2 Å². The molecule has 7 heteroatoms. The number of piperazine rings is 1. The lowest BCUT2D eigenvalue weighted by atomic mass is 9.95. The number of hydrogen-bond donors (Lipinski definition) is 0. The summed E-state index contributed by atoms with van der Waals surface area (Å²) < 4.78 is 6.05. The highest BCUT2D eigenvalue weighted by molar-refractivity contribution is 6.42. The fourth-order valence-corrected chi connectivity index (χ4v) is 4.22. The summed E-state index contributed by atoms with van der Waals surface area (Å²) in [5.74, 6) is 0. The van der Waals surface area contributed by atoms with Crippen molar-refractivity contribution in [1.29, 1.82) is 0 Å². The van der Waals surface area contributed by atoms with E-state index in [1.54, 1.807) is 0 Å². The van der Waals surface area contributed by atoms with Gasteiger partial charge in [-0.1, -0.05) is 47.5 Å². The molecule has 2 aromatic rings. The molecule has 0 amide bonds. The summed E-state index contributed by atoms with van der Waals surface area (Å²) in [6.45, 7) is 6.07. The van der Waals surface area contributed by atoms with Crippen LogP contribution in [0.5, 0.6) is 0 Å². The van der Waals surface area contributed by atoms with Gasteiger partial charge in [0.05, 0.1) is 22.8 Å². The first-order valence-electron chi connectivity index (χ1n) is 9.32. The number of halogens is 4. The first-order chi connectivity index (χ1) is 12.7. The number of fused-ring (bicyclic) bond motifs is 1. The molecule has 2 aliphatic heterocycles. The summed E-state index contributed by atoms with van der Waals surface area (Å²) in [7, 11) is 0. The van der Waals surface area contributed by atoms with E-state index < -0.39 is 0 Å². The van der Waals surface area contributed by atoms with Crippen LogP contribution in [0.25, 0.3) is 0 Å². The fraction of sp³-hybridized carbons (Fsp3) is 0.429. The van der Waals surface area contributed by atoms with Crippen LogP contribution in [0.15, 0.2) is 42.5 Å². The van der Waals surface area contributed by atoms with Gasteiger partial charge in [0.25, 0.3) is 0 Å². The van der Waals surface area contributed by atoms with Gasteiger partial charge >= 0.3 is 0 Å². The highest BCUT2D eigenvalue weighted by atomic mass is 35.5. The second kappa shape index (κ2) is 10.9. The summed E-state index contributed by atoms with van der Waals surface area (Å²) in [4.78, 5) is 4.92. The van der Waals surface area contributed by atoms with Crippen molar-refractivity contribution in [2.45, 2.75) is 18.9 Å². The standard InChI is InChI=1S/C21H24Cl2N2O.2ClH/c22-19-6-5-17(15-20(19)23)25-12-10-24(11-13-25)9-7-21-18-4-2-1-3-16(18)8-14-26-21;;/h1-6,15,21H,7-14H2;2*1H. The van der Waals surface area contributed by atoms with E-state index in [4.69, 9.17) is 27.9 Å². The molecule has 2 heterocycles. The first kappa shape index (κ1) is 23.6. The second-order valence-corrected chi connectivity index (χ2v) is 7.84. The van der Waals surface area contributed by atoms with Crippen LogP contribution in [0.1, 0.15) is 23.7 Å². The molecular weight excluding hydrogens is 438 g/mol. The van der Waals surface area contributed by atoms with Crippen molar-refractivity contribution >= 4 is 53.7 Å². The molecule has 0 N–H and O–H groups in total. The second-order valence-electron chi connectivity index (χ2n) is 7.02. The molecule has 1 atom stereocenters. The van der Waals surface area contributed by atoms with Gasteiger partial charge in [0.1, 0.15) is 0 Å². The number of ether oxygens (including phenoxy) is 1. The van der Waals surface area contributed by atoms with Crippen molar-refractivity contribution in [2.24, 2.45) is 0 Å². The molecule has 0 aromatic heterocycles. The average molecular weight is 464 g/mol. The Morgan fingerprint density at radius 1 is 0.929 bits per heavy atom. The number of rotatable bonds is 4. The van der Waals surface area contributed by atoms with Gasteiger partial charge in [0.2, 0.25) is 0 Å². The van der Waals surface area contributed by atoms with Gasteiger partial charge in [-0.25, -0.2) is 0 Å². The lowest BCUT2D eigenvalue weighted by Gasteiger charge is -2.37. The Kier molecular flexibility index (Phi) is 9.20. The normalized spacial score (nSPS) is 19.4. The molecule has 3 nitrogen and oxygen atoms in total. The van der Waals surface area contributed by atoms with Crippen molar-refractivity contribution < 1.29 is 4.74 Å². The minimum absolute atomic E-state index is 0. The smallest absolute Gasteiger partial charge is 0.0839 e. The maximum absolute atomic E-state index is 6.16. The molecule has 0 saturated carbocycles. The van der Waals surface area contributed by atoms with Crippen molar-refractivity contribution in [3.8, 4) is 0 Å². The van der Waals surface area contributed by atoms with Crippen molar-refractivity contribution in [3.05, 3.63) is 63.6 Å². The molecule has 0 aliphatic carbocycles. The Hall–Kier alpha value is -0.680. The highest BCUT2D eigenvalue weighted by Crippen LogP contribution is 2.30. The Balaban J connectivity index is 0.00000140. The quantitative estimate of drug-likeness (QED) is 0.581. The average Bonchev–Trinajstić information content (AvgIpc) is 2.69. The van der Waals surface area contributed by atoms with E-state index in [2.05, 4.69) is 40.1 Å². The van der Waals surface area contributed by atoms with Gasteiger partial charge < -0.3 is 9.64 Å². The predicted molar refractivity (Wildman–Crippen MR) is 123 cm³/mol. The van der Waals surface area contributed by atoms with Crippen molar-refractivity contribution in [1.82, 2.24) is 4.90 Å². The molecule has 0 spiro atoms. The Labute approximate surface area is 189 Å². The molecule has 1 unspecified atom stereocenters. The van der Waals surface area contributed by atoms with Crippen molar-refractivity contribution in [3.63, 3.8) is 0 Å². The van der Waals surface area contributed by atoms with Gasteiger partial charge in [-0.05, 0) is 42.2 Å². The minimum atomic E-state index is 0. The van der Waals surface area contributed by atoms with Gasteiger partial charge in [0, 0.05) is 38.4 Å². The molecule has 2 aromatic carbocycles. The van der Waals surface area contributed by atoms with E-state index in [1.165, 1.54) is 11.1 Å². The minimum Gasteiger partial charge on any atom is -0.373 e. The maximum Gasteiger partial charge on any atom is 0.0839 e. The Bertz CT molecular complexity index is 766. The zero-order chi connectivity index (χ0) is 17.9. The summed E-state index contributed by atoms with van der Waals surface area (Å²) in [6.07, 6.45) is 2.34. The van der Waals surface area contributed by atoms with Gasteiger partial charge in [-0.2, -0.15) is 0 Å². The third-order valence-corrected chi connectivity index (χ3v) is 6.18. The summed E-state index contributed by atoms with van der Waals surface area (Å²) in [6, 6.07) is 14.6. The number of benzene rings is 2. The number of nitrogens with zero attached hydrogens (tertiary/aromatic N) is 2. The lowest BCUT2D eigenvalue weighted by Crippen LogP contribution is -2.47. The zero-order valence-electron chi connectivity index (χ0n) is 15.7. The van der Waals surface area contributed by atoms with Gasteiger partial charge in [0.15, 0.2) is 0 Å². The summed E-state index contributed by atoms with van der Waals surface area (Å²) in [5.41, 5.74) is 3.99. The van der Waals surface area contributed by atoms with E-state index in [-0.39, 0.29) is 30.9 Å². The molecule has 4 rings (SSSR count). The third kappa shape index (κ3) is 5.47. The monoisotopic (exact) mass is 462 g/mol. The first-order valence-corrected chi connectivity index (χ1v) is 10.1. The molecule has 1 fully saturated rings. The van der Waals surface area contributed by atoms with Crippen LogP contribution in [0.2, 0.25) is 10.0 Å². The summed E-state index contributed by atoms with van der Waals surface area (Å²) >= 11 is 12.2. The number of anilines is 1. The maximum atomic E-state index is 6.16. The topological polar surface area (TPSA) is 15.7 Å². The Morgan fingerprint density at radius 3 is 2.43 bits per heavy atom. The number of hydrogen-bond acceptors (Lipinski definition) is 3. The van der Waals surface area contributed by atoms with Crippen molar-refractivity contribution in [2.75, 3.05) is 44.2 Å². The van der Waals surface area contributed by atoms with Crippen LogP contribution >= 0.6 is 48.0 Å². The highest BCUT2D eigenvalue weighted by Gasteiger charge is 2.23. The molecule has 154 valence electrons. The molecule has 2 aliphatic rings. The predicted octanol–water partition coefficient (Wildman–Crippen LogP) is 5.66. The SMILES string of the molecule is Cl.Cl.Clc1ccc(N2CCN(CCC3OCCc4ccccc43)CC2)cc1Cl. The van der Waals surface area contributed by atoms with E-state index in [9.17, 15) is 0 Å². The van der Waals surface area contributed by atoms with Crippen LogP contribution < -0.4 is 4.90 Å².